The summed E-state index contributed by atoms with van der Waals surface area (Å²) in [6, 6.07) is 12.7. The minimum atomic E-state index is -0.246. The zero-order valence-corrected chi connectivity index (χ0v) is 12.5. The second-order valence-electron chi connectivity index (χ2n) is 4.50. The Morgan fingerprint density at radius 3 is 2.75 bits per heavy atom. The van der Waals surface area contributed by atoms with E-state index < -0.39 is 0 Å². The molecule has 2 nitrogen and oxygen atoms in total. The van der Waals surface area contributed by atoms with Crippen LogP contribution in [-0.4, -0.2) is 4.98 Å². The maximum absolute atomic E-state index is 14.1. The predicted octanol–water partition coefficient (Wildman–Crippen LogP) is 4.61. The van der Waals surface area contributed by atoms with Gasteiger partial charge in [0, 0.05) is 6.04 Å². The lowest BCUT2D eigenvalue weighted by molar-refractivity contribution is 0.591. The van der Waals surface area contributed by atoms with Crippen molar-refractivity contribution in [2.75, 3.05) is 0 Å². The molecule has 0 aliphatic heterocycles. The molecule has 5 heteroatoms. The molecule has 0 aliphatic rings. The summed E-state index contributed by atoms with van der Waals surface area (Å²) in [4.78, 5) is 5.09. The third-order valence-corrected chi connectivity index (χ3v) is 5.18. The Morgan fingerprint density at radius 1 is 1.20 bits per heavy atom. The van der Waals surface area contributed by atoms with Gasteiger partial charge in [0.05, 0.1) is 15.1 Å². The molecule has 1 aromatic heterocycles. The first-order chi connectivity index (χ1) is 9.65. The number of hydrogen-bond donors (Lipinski definition) is 1. The minimum Gasteiger partial charge on any atom is -0.324 e. The van der Waals surface area contributed by atoms with E-state index in [1.165, 1.54) is 17.8 Å². The molecule has 0 saturated heterocycles. The number of rotatable bonds is 3. The van der Waals surface area contributed by atoms with Crippen LogP contribution in [0.5, 0.6) is 0 Å². The molecular weight excluding hydrogens is 291 g/mol. The van der Waals surface area contributed by atoms with Crippen molar-refractivity contribution in [2.45, 2.75) is 22.2 Å². The summed E-state index contributed by atoms with van der Waals surface area (Å²) in [5.41, 5.74) is 7.67. The molecule has 0 aliphatic carbocycles. The molecule has 0 amide bonds. The molecule has 0 radical (unpaired) electrons. The van der Waals surface area contributed by atoms with Crippen molar-refractivity contribution in [3.8, 4) is 0 Å². The first kappa shape index (κ1) is 13.5. The van der Waals surface area contributed by atoms with Gasteiger partial charge >= 0.3 is 0 Å². The average molecular weight is 304 g/mol. The van der Waals surface area contributed by atoms with Crippen LogP contribution in [0.25, 0.3) is 10.2 Å². The second kappa shape index (κ2) is 5.52. The molecule has 3 aromatic rings. The van der Waals surface area contributed by atoms with Gasteiger partial charge in [0.2, 0.25) is 0 Å². The monoisotopic (exact) mass is 304 g/mol. The smallest absolute Gasteiger partial charge is 0.156 e. The van der Waals surface area contributed by atoms with E-state index in [0.717, 1.165) is 20.1 Å². The summed E-state index contributed by atoms with van der Waals surface area (Å²) in [5.74, 6) is -0.246. The van der Waals surface area contributed by atoms with Crippen LogP contribution in [0, 0.1) is 5.82 Å². The van der Waals surface area contributed by atoms with Crippen LogP contribution in [-0.2, 0) is 0 Å². The van der Waals surface area contributed by atoms with E-state index in [4.69, 9.17) is 5.73 Å². The van der Waals surface area contributed by atoms with Gasteiger partial charge in [-0.15, -0.1) is 11.3 Å². The Hall–Kier alpha value is -1.43. The lowest BCUT2D eigenvalue weighted by atomic mass is 10.1. The number of hydrogen-bond acceptors (Lipinski definition) is 4. The van der Waals surface area contributed by atoms with E-state index in [2.05, 4.69) is 4.98 Å². The number of nitrogens with two attached hydrogens (primary N) is 1. The number of benzene rings is 2. The van der Waals surface area contributed by atoms with Crippen LogP contribution in [0.15, 0.2) is 51.7 Å². The largest absolute Gasteiger partial charge is 0.324 e. The van der Waals surface area contributed by atoms with Crippen molar-refractivity contribution in [1.29, 1.82) is 0 Å². The number of para-hydroxylation sites is 1. The van der Waals surface area contributed by atoms with Gasteiger partial charge in [0.25, 0.3) is 0 Å². The zero-order chi connectivity index (χ0) is 14.1. The third-order valence-electron chi connectivity index (χ3n) is 2.95. The maximum Gasteiger partial charge on any atom is 0.156 e. The molecule has 0 bridgehead atoms. The highest BCUT2D eigenvalue weighted by molar-refractivity contribution is 8.01. The van der Waals surface area contributed by atoms with E-state index in [-0.39, 0.29) is 11.9 Å². The SMILES string of the molecule is C[C@H](N)c1cccc(F)c1Sc1nc2ccccc2s1. The molecule has 0 unspecified atom stereocenters. The Morgan fingerprint density at radius 2 is 2.00 bits per heavy atom. The van der Waals surface area contributed by atoms with Crippen molar-refractivity contribution in [1.82, 2.24) is 4.98 Å². The Balaban J connectivity index is 2.02. The fraction of sp³-hybridized carbons (Fsp3) is 0.133. The van der Waals surface area contributed by atoms with E-state index in [1.54, 1.807) is 17.4 Å². The Bertz CT molecular complexity index is 719. The fourth-order valence-electron chi connectivity index (χ4n) is 1.97. The number of thiazole rings is 1. The molecule has 102 valence electrons. The zero-order valence-electron chi connectivity index (χ0n) is 10.8. The second-order valence-corrected chi connectivity index (χ2v) is 6.78. The van der Waals surface area contributed by atoms with Gasteiger partial charge in [0.1, 0.15) is 5.82 Å². The first-order valence-corrected chi connectivity index (χ1v) is 7.86. The van der Waals surface area contributed by atoms with E-state index >= 15 is 0 Å². The van der Waals surface area contributed by atoms with Gasteiger partial charge in [-0.1, -0.05) is 36.0 Å². The van der Waals surface area contributed by atoms with Crippen LogP contribution in [0.4, 0.5) is 4.39 Å². The van der Waals surface area contributed by atoms with Crippen LogP contribution in [0.1, 0.15) is 18.5 Å². The van der Waals surface area contributed by atoms with Gasteiger partial charge in [-0.25, -0.2) is 9.37 Å². The molecular formula is C15H13FN2S2. The van der Waals surface area contributed by atoms with Crippen LogP contribution < -0.4 is 5.73 Å². The quantitative estimate of drug-likeness (QED) is 0.768. The first-order valence-electron chi connectivity index (χ1n) is 6.22. The standard InChI is InChI=1S/C15H13FN2S2/c1-9(17)10-5-4-6-11(16)14(10)20-15-18-12-7-2-3-8-13(12)19-15/h2-9H,17H2,1H3/t9-/m0/s1. The normalized spacial score (nSPS) is 12.8. The third kappa shape index (κ3) is 2.57. The van der Waals surface area contributed by atoms with Crippen molar-refractivity contribution in [3.63, 3.8) is 0 Å². The average Bonchev–Trinajstić information content (AvgIpc) is 2.83. The molecule has 0 fully saturated rings. The van der Waals surface area contributed by atoms with Crippen molar-refractivity contribution in [2.24, 2.45) is 5.73 Å². The van der Waals surface area contributed by atoms with Gasteiger partial charge in [-0.3, -0.25) is 0 Å². The van der Waals surface area contributed by atoms with E-state index in [0.29, 0.717) is 4.90 Å². The van der Waals surface area contributed by atoms with E-state index in [9.17, 15) is 4.39 Å². The lowest BCUT2D eigenvalue weighted by Crippen LogP contribution is -2.07. The number of nitrogens with zero attached hydrogens (tertiary/aromatic N) is 1. The number of aromatic nitrogens is 1. The summed E-state index contributed by atoms with van der Waals surface area (Å²) in [6.07, 6.45) is 0. The maximum atomic E-state index is 14.1. The summed E-state index contributed by atoms with van der Waals surface area (Å²) in [6.45, 7) is 1.86. The summed E-state index contributed by atoms with van der Waals surface area (Å²) in [7, 11) is 0. The molecule has 2 N–H and O–H groups in total. The number of halogens is 1. The van der Waals surface area contributed by atoms with Gasteiger partial charge < -0.3 is 5.73 Å². The lowest BCUT2D eigenvalue weighted by Gasteiger charge is -2.11. The van der Waals surface area contributed by atoms with Crippen molar-refractivity contribution in [3.05, 3.63) is 53.8 Å². The Kier molecular flexibility index (Phi) is 3.74. The fourth-order valence-corrected chi connectivity index (χ4v) is 4.21. The highest BCUT2D eigenvalue weighted by Crippen LogP contribution is 2.38. The van der Waals surface area contributed by atoms with Crippen LogP contribution in [0.3, 0.4) is 0 Å². The topological polar surface area (TPSA) is 38.9 Å². The molecule has 1 atom stereocenters. The molecule has 20 heavy (non-hydrogen) atoms. The molecule has 2 aromatic carbocycles. The van der Waals surface area contributed by atoms with Gasteiger partial charge in [-0.05, 0) is 30.7 Å². The predicted molar refractivity (Wildman–Crippen MR) is 82.7 cm³/mol. The minimum absolute atomic E-state index is 0.206. The van der Waals surface area contributed by atoms with Crippen LogP contribution >= 0.6 is 23.1 Å². The van der Waals surface area contributed by atoms with Gasteiger partial charge in [0.15, 0.2) is 4.34 Å². The molecule has 3 rings (SSSR count). The van der Waals surface area contributed by atoms with Gasteiger partial charge in [-0.2, -0.15) is 0 Å². The summed E-state index contributed by atoms with van der Waals surface area (Å²) < 4.78 is 16.0. The molecule has 0 saturated carbocycles. The molecule has 1 heterocycles. The molecule has 0 spiro atoms. The number of fused-ring (bicyclic) bond motifs is 1. The highest BCUT2D eigenvalue weighted by atomic mass is 32.2. The summed E-state index contributed by atoms with van der Waals surface area (Å²) in [5, 5.41) is 0. The highest BCUT2D eigenvalue weighted by Gasteiger charge is 2.15. The summed E-state index contributed by atoms with van der Waals surface area (Å²) >= 11 is 2.91. The Labute approximate surface area is 124 Å². The van der Waals surface area contributed by atoms with Crippen LogP contribution in [0.2, 0.25) is 0 Å². The van der Waals surface area contributed by atoms with E-state index in [1.807, 2.05) is 37.3 Å². The van der Waals surface area contributed by atoms with Crippen molar-refractivity contribution < 1.29 is 4.39 Å². The van der Waals surface area contributed by atoms with Crippen molar-refractivity contribution >= 4 is 33.3 Å².